The number of hydrogen-bond acceptors (Lipinski definition) is 2. The highest BCUT2D eigenvalue weighted by molar-refractivity contribution is 5.74. The Balaban J connectivity index is 1.59. The molecule has 3 fully saturated rings. The Morgan fingerprint density at radius 2 is 2.09 bits per heavy atom. The fourth-order valence-corrected chi connectivity index (χ4v) is 3.83. The Hall–Kier alpha value is -1.62. The molecule has 4 nitrogen and oxygen atoms in total. The Kier molecular flexibility index (Phi) is 5.16. The summed E-state index contributed by atoms with van der Waals surface area (Å²) < 4.78 is 13.6. The topological polar surface area (TPSA) is 35.6 Å². The zero-order chi connectivity index (χ0) is 16.2. The van der Waals surface area contributed by atoms with E-state index in [4.69, 9.17) is 0 Å². The summed E-state index contributed by atoms with van der Waals surface area (Å²) in [5.74, 6) is 0.303. The number of carbonyl (C=O) groups excluding carboxylic acids is 1. The van der Waals surface area contributed by atoms with E-state index in [9.17, 15) is 9.18 Å². The Bertz CT molecular complexity index is 551. The second-order valence-corrected chi connectivity index (χ2v) is 6.75. The van der Waals surface area contributed by atoms with Gasteiger partial charge in [-0.2, -0.15) is 0 Å². The number of urea groups is 1. The van der Waals surface area contributed by atoms with Gasteiger partial charge in [-0.05, 0) is 37.8 Å². The van der Waals surface area contributed by atoms with Crippen molar-refractivity contribution in [2.75, 3.05) is 26.2 Å². The smallest absolute Gasteiger partial charge is 0.317 e. The van der Waals surface area contributed by atoms with Crippen LogP contribution in [-0.2, 0) is 6.54 Å². The van der Waals surface area contributed by atoms with E-state index in [-0.39, 0.29) is 18.4 Å². The van der Waals surface area contributed by atoms with Crippen LogP contribution in [-0.4, -0.2) is 48.1 Å². The predicted octanol–water partition coefficient (Wildman–Crippen LogP) is 2.84. The molecule has 0 aliphatic carbocycles. The third-order valence-electron chi connectivity index (χ3n) is 5.01. The zero-order valence-electron chi connectivity index (χ0n) is 13.8. The van der Waals surface area contributed by atoms with Crippen molar-refractivity contribution in [2.24, 2.45) is 5.92 Å². The minimum absolute atomic E-state index is 0.0662. The number of fused-ring (bicyclic) bond motifs is 4. The van der Waals surface area contributed by atoms with E-state index in [1.54, 1.807) is 18.2 Å². The first kappa shape index (κ1) is 16.2. The van der Waals surface area contributed by atoms with Crippen molar-refractivity contribution < 1.29 is 9.18 Å². The zero-order valence-corrected chi connectivity index (χ0v) is 13.8. The number of carbonyl (C=O) groups is 1. The van der Waals surface area contributed by atoms with E-state index in [0.717, 1.165) is 32.6 Å². The van der Waals surface area contributed by atoms with Gasteiger partial charge >= 0.3 is 6.03 Å². The summed E-state index contributed by atoms with van der Waals surface area (Å²) in [5.41, 5.74) is 0.534. The van der Waals surface area contributed by atoms with Crippen LogP contribution in [0.2, 0.25) is 0 Å². The quantitative estimate of drug-likeness (QED) is 0.926. The molecular weight excluding hydrogens is 293 g/mol. The molecule has 2 atom stereocenters. The van der Waals surface area contributed by atoms with Crippen LogP contribution >= 0.6 is 0 Å². The van der Waals surface area contributed by atoms with Gasteiger partial charge in [0.1, 0.15) is 5.82 Å². The molecule has 0 saturated carbocycles. The van der Waals surface area contributed by atoms with Gasteiger partial charge in [0.2, 0.25) is 0 Å². The van der Waals surface area contributed by atoms with Gasteiger partial charge in [0.15, 0.2) is 0 Å². The Morgan fingerprint density at radius 1 is 1.26 bits per heavy atom. The number of piperidine rings is 1. The minimum Gasteiger partial charge on any atom is -0.334 e. The van der Waals surface area contributed by atoms with Gasteiger partial charge in [-0.25, -0.2) is 9.18 Å². The Labute approximate surface area is 137 Å². The average Bonchev–Trinajstić information content (AvgIpc) is 2.86. The molecule has 4 rings (SSSR count). The number of halogens is 1. The van der Waals surface area contributed by atoms with Crippen molar-refractivity contribution in [2.45, 2.75) is 38.8 Å². The van der Waals surface area contributed by atoms with Crippen LogP contribution < -0.4 is 5.32 Å². The maximum absolute atomic E-state index is 13.6. The summed E-state index contributed by atoms with van der Waals surface area (Å²) in [6.07, 6.45) is 3.55. The normalized spacial score (nSPS) is 24.5. The van der Waals surface area contributed by atoms with Crippen molar-refractivity contribution in [3.63, 3.8) is 0 Å². The van der Waals surface area contributed by atoms with Crippen LogP contribution in [0.25, 0.3) is 0 Å². The first-order valence-electron chi connectivity index (χ1n) is 8.67. The molecule has 1 aromatic carbocycles. The predicted molar refractivity (Wildman–Crippen MR) is 88.6 cm³/mol. The van der Waals surface area contributed by atoms with Crippen LogP contribution in [0, 0.1) is 11.7 Å². The molecular formula is C18H26FN3O. The maximum Gasteiger partial charge on any atom is 0.317 e. The Morgan fingerprint density at radius 3 is 2.87 bits per heavy atom. The van der Waals surface area contributed by atoms with Crippen LogP contribution in [0.3, 0.4) is 0 Å². The lowest BCUT2D eigenvalue weighted by Gasteiger charge is -2.35. The summed E-state index contributed by atoms with van der Waals surface area (Å²) >= 11 is 0. The van der Waals surface area contributed by atoms with E-state index in [0.29, 0.717) is 17.5 Å². The summed E-state index contributed by atoms with van der Waals surface area (Å²) in [6.45, 7) is 6.29. The molecule has 3 aliphatic rings. The molecule has 23 heavy (non-hydrogen) atoms. The van der Waals surface area contributed by atoms with Gasteiger partial charge in [-0.15, -0.1) is 0 Å². The number of hydrogen-bond donors (Lipinski definition) is 1. The molecule has 5 heteroatoms. The molecule has 0 aromatic heterocycles. The average molecular weight is 319 g/mol. The van der Waals surface area contributed by atoms with Crippen LogP contribution in [0.5, 0.6) is 0 Å². The molecule has 1 aromatic rings. The molecule has 0 radical (unpaired) electrons. The van der Waals surface area contributed by atoms with E-state index < -0.39 is 0 Å². The monoisotopic (exact) mass is 319 g/mol. The fourth-order valence-electron chi connectivity index (χ4n) is 3.83. The molecule has 3 aliphatic heterocycles. The number of rotatable bonds is 4. The van der Waals surface area contributed by atoms with Crippen molar-refractivity contribution in [3.8, 4) is 0 Å². The molecule has 2 bridgehead atoms. The summed E-state index contributed by atoms with van der Waals surface area (Å²) in [7, 11) is 0. The van der Waals surface area contributed by atoms with Crippen LogP contribution in [0.4, 0.5) is 9.18 Å². The lowest BCUT2D eigenvalue weighted by Crippen LogP contribution is -2.46. The van der Waals surface area contributed by atoms with Gasteiger partial charge in [-0.1, -0.05) is 25.1 Å². The lowest BCUT2D eigenvalue weighted by atomic mass is 9.95. The largest absolute Gasteiger partial charge is 0.334 e. The van der Waals surface area contributed by atoms with Crippen molar-refractivity contribution in [3.05, 3.63) is 35.6 Å². The molecule has 2 amide bonds. The van der Waals surface area contributed by atoms with E-state index in [2.05, 4.69) is 17.1 Å². The first-order chi connectivity index (χ1) is 11.2. The van der Waals surface area contributed by atoms with E-state index in [1.165, 1.54) is 18.9 Å². The van der Waals surface area contributed by atoms with E-state index >= 15 is 0 Å². The maximum atomic E-state index is 13.6. The second kappa shape index (κ2) is 7.30. The summed E-state index contributed by atoms with van der Waals surface area (Å²) in [6, 6.07) is 7.01. The number of nitrogens with one attached hydrogen (secondary N) is 1. The van der Waals surface area contributed by atoms with Gasteiger partial charge in [0.05, 0.1) is 0 Å². The first-order valence-corrected chi connectivity index (χ1v) is 8.67. The van der Waals surface area contributed by atoms with Gasteiger partial charge in [0.25, 0.3) is 0 Å². The van der Waals surface area contributed by atoms with E-state index in [1.807, 2.05) is 4.90 Å². The van der Waals surface area contributed by atoms with Crippen molar-refractivity contribution in [1.29, 1.82) is 0 Å². The third kappa shape index (κ3) is 3.83. The minimum atomic E-state index is -0.266. The number of amides is 2. The molecule has 0 unspecified atom stereocenters. The summed E-state index contributed by atoms with van der Waals surface area (Å²) in [5, 5.41) is 2.88. The lowest BCUT2D eigenvalue weighted by molar-refractivity contribution is 0.132. The fraction of sp³-hybridized carbons (Fsp3) is 0.611. The van der Waals surface area contributed by atoms with Gasteiger partial charge in [-0.3, -0.25) is 4.90 Å². The van der Waals surface area contributed by atoms with Gasteiger partial charge < -0.3 is 10.2 Å². The van der Waals surface area contributed by atoms with Gasteiger partial charge in [0, 0.05) is 37.8 Å². The number of nitrogens with zero attached hydrogens (tertiary/aromatic N) is 2. The molecule has 1 N–H and O–H groups in total. The van der Waals surface area contributed by atoms with Crippen molar-refractivity contribution >= 4 is 6.03 Å². The molecule has 3 saturated heterocycles. The molecule has 3 heterocycles. The summed E-state index contributed by atoms with van der Waals surface area (Å²) in [4.78, 5) is 17.0. The van der Waals surface area contributed by atoms with Crippen LogP contribution in [0.15, 0.2) is 24.3 Å². The second-order valence-electron chi connectivity index (χ2n) is 6.75. The molecule has 126 valence electrons. The SMILES string of the molecule is CCCN1C[C@@H]2CC[C@H]1CN(C(=O)NCc1ccccc1F)C2. The van der Waals surface area contributed by atoms with Crippen LogP contribution in [0.1, 0.15) is 31.7 Å². The highest BCUT2D eigenvalue weighted by Crippen LogP contribution is 2.28. The highest BCUT2D eigenvalue weighted by atomic mass is 19.1. The number of benzene rings is 1. The van der Waals surface area contributed by atoms with Crippen molar-refractivity contribution in [1.82, 2.24) is 15.1 Å². The highest BCUT2D eigenvalue weighted by Gasteiger charge is 2.35. The third-order valence-corrected chi connectivity index (χ3v) is 5.01. The standard InChI is InChI=1S/C18H26FN3O/c1-2-9-21-11-14-7-8-16(21)13-22(12-14)18(23)20-10-15-5-3-4-6-17(15)19/h3-6,14,16H,2,7-13H2,1H3,(H,20,23)/t14-,16-/m0/s1. The molecule has 0 spiro atoms.